The van der Waals surface area contributed by atoms with Gasteiger partial charge in [-0.1, -0.05) is 6.58 Å². The highest BCUT2D eigenvalue weighted by molar-refractivity contribution is 14.1. The molecule has 0 radical (unpaired) electrons. The number of benzene rings is 1. The second-order valence-corrected chi connectivity index (χ2v) is 12.1. The number of rotatable bonds is 11. The quantitative estimate of drug-likeness (QED) is 0.189. The molecule has 3 aromatic heterocycles. The standard InChI is InChI=1S/C30H39FIN7O3/c1-8-23-21-13-20(14-22(31)29(21)39(35-23)26-11-9-10-12-41-26)27-24(17-40-7)34-38(6)30(27)42-18(2)15-36(4)16-25-28(32)19(3)33-37(25)5/h8,13-14,18,26H,1,9-12,15-17H2,2-7H3/t18-,26?/m0/s1. The van der Waals surface area contributed by atoms with Gasteiger partial charge in [-0.15, -0.1) is 0 Å². The number of ether oxygens (including phenoxy) is 3. The summed E-state index contributed by atoms with van der Waals surface area (Å²) in [6.45, 7) is 10.3. The van der Waals surface area contributed by atoms with E-state index in [0.29, 0.717) is 52.4 Å². The first-order valence-electron chi connectivity index (χ1n) is 14.2. The average Bonchev–Trinajstić information content (AvgIpc) is 3.56. The molecule has 1 saturated heterocycles. The van der Waals surface area contributed by atoms with Gasteiger partial charge in [0.2, 0.25) is 5.88 Å². The molecule has 0 saturated carbocycles. The van der Waals surface area contributed by atoms with E-state index in [4.69, 9.17) is 19.3 Å². The lowest BCUT2D eigenvalue weighted by atomic mass is 10.0. The van der Waals surface area contributed by atoms with Crippen molar-refractivity contribution in [3.63, 3.8) is 0 Å². The number of aromatic nitrogens is 6. The topological polar surface area (TPSA) is 84.4 Å². The summed E-state index contributed by atoms with van der Waals surface area (Å²) < 4.78 is 40.4. The lowest BCUT2D eigenvalue weighted by molar-refractivity contribution is -0.0369. The Hall–Kier alpha value is -2.81. The number of fused-ring (bicyclic) bond motifs is 1. The van der Waals surface area contributed by atoms with Crippen LogP contribution in [-0.4, -0.2) is 67.7 Å². The SMILES string of the molecule is C=Cc1nn(C2CCCCO2)c2c(F)cc(-c3c(COC)nn(C)c3O[C@@H](C)CN(C)Cc3c(I)c(C)nn3C)cc12. The van der Waals surface area contributed by atoms with Gasteiger partial charge < -0.3 is 14.2 Å². The van der Waals surface area contributed by atoms with E-state index >= 15 is 4.39 Å². The van der Waals surface area contributed by atoms with Crippen LogP contribution in [0.2, 0.25) is 0 Å². The molecule has 0 spiro atoms. The minimum Gasteiger partial charge on any atom is -0.473 e. The van der Waals surface area contributed by atoms with Crippen molar-refractivity contribution in [2.45, 2.75) is 58.6 Å². The van der Waals surface area contributed by atoms with E-state index in [0.717, 1.165) is 37.2 Å². The third-order valence-corrected chi connectivity index (χ3v) is 9.01. The van der Waals surface area contributed by atoms with Crippen molar-refractivity contribution in [3.8, 4) is 17.0 Å². The van der Waals surface area contributed by atoms with Crippen molar-refractivity contribution < 1.29 is 18.6 Å². The lowest BCUT2D eigenvalue weighted by Crippen LogP contribution is -2.32. The summed E-state index contributed by atoms with van der Waals surface area (Å²) in [5.41, 5.74) is 5.21. The maximum absolute atomic E-state index is 16.0. The Labute approximate surface area is 259 Å². The second kappa shape index (κ2) is 12.8. The lowest BCUT2D eigenvalue weighted by Gasteiger charge is -2.24. The summed E-state index contributed by atoms with van der Waals surface area (Å²) in [6.07, 6.45) is 3.98. The van der Waals surface area contributed by atoms with Crippen LogP contribution in [0.1, 0.15) is 55.2 Å². The summed E-state index contributed by atoms with van der Waals surface area (Å²) >= 11 is 2.35. The van der Waals surface area contributed by atoms with E-state index in [-0.39, 0.29) is 24.8 Å². The molecular weight excluding hydrogens is 652 g/mol. The highest BCUT2D eigenvalue weighted by Gasteiger charge is 2.27. The molecule has 0 aliphatic carbocycles. The van der Waals surface area contributed by atoms with E-state index in [9.17, 15) is 0 Å². The summed E-state index contributed by atoms with van der Waals surface area (Å²) in [5, 5.41) is 14.6. The van der Waals surface area contributed by atoms with E-state index in [1.54, 1.807) is 22.5 Å². The predicted molar refractivity (Wildman–Crippen MR) is 169 cm³/mol. The maximum atomic E-state index is 16.0. The van der Waals surface area contributed by atoms with Gasteiger partial charge in [-0.05, 0) is 86.5 Å². The number of hydrogen-bond acceptors (Lipinski definition) is 7. The summed E-state index contributed by atoms with van der Waals surface area (Å²) in [5.74, 6) is 0.167. The van der Waals surface area contributed by atoms with E-state index in [2.05, 4.69) is 51.3 Å². The van der Waals surface area contributed by atoms with Crippen molar-refractivity contribution in [2.24, 2.45) is 14.1 Å². The third kappa shape index (κ3) is 5.99. The van der Waals surface area contributed by atoms with E-state index in [1.165, 1.54) is 9.64 Å². The molecule has 12 heteroatoms. The number of hydrogen-bond donors (Lipinski definition) is 0. The minimum atomic E-state index is -0.385. The van der Waals surface area contributed by atoms with E-state index < -0.39 is 0 Å². The molecule has 4 aromatic rings. The molecule has 1 unspecified atom stereocenters. The number of likely N-dealkylation sites (N-methyl/N-ethyl adjacent to an activating group) is 1. The molecule has 2 atom stereocenters. The van der Waals surface area contributed by atoms with Crippen LogP contribution in [0.15, 0.2) is 18.7 Å². The molecule has 0 amide bonds. The average molecular weight is 692 g/mol. The monoisotopic (exact) mass is 691 g/mol. The molecular formula is C30H39FIN7O3. The van der Waals surface area contributed by atoms with Crippen molar-refractivity contribution in [3.05, 3.63) is 50.9 Å². The minimum absolute atomic E-state index is 0.185. The van der Waals surface area contributed by atoms with Crippen LogP contribution in [0, 0.1) is 16.3 Å². The zero-order valence-corrected chi connectivity index (χ0v) is 27.3. The van der Waals surface area contributed by atoms with Gasteiger partial charge in [-0.3, -0.25) is 9.58 Å². The fraction of sp³-hybridized carbons (Fsp3) is 0.500. The number of nitrogens with zero attached hydrogens (tertiary/aromatic N) is 7. The molecule has 10 nitrogen and oxygen atoms in total. The van der Waals surface area contributed by atoms with Gasteiger partial charge in [0.05, 0.1) is 38.5 Å². The summed E-state index contributed by atoms with van der Waals surface area (Å²) in [4.78, 5) is 2.21. The van der Waals surface area contributed by atoms with E-state index in [1.807, 2.05) is 38.7 Å². The van der Waals surface area contributed by atoms with Gasteiger partial charge in [0.25, 0.3) is 0 Å². The first kappa shape index (κ1) is 30.6. The molecule has 1 aromatic carbocycles. The van der Waals surface area contributed by atoms with Crippen LogP contribution in [0.4, 0.5) is 4.39 Å². The van der Waals surface area contributed by atoms with Crippen LogP contribution < -0.4 is 4.74 Å². The first-order chi connectivity index (χ1) is 20.1. The highest BCUT2D eigenvalue weighted by atomic mass is 127. The molecule has 1 fully saturated rings. The predicted octanol–water partition coefficient (Wildman–Crippen LogP) is 5.61. The first-order valence-corrected chi connectivity index (χ1v) is 15.2. The van der Waals surface area contributed by atoms with Gasteiger partial charge in [0.1, 0.15) is 17.4 Å². The molecule has 0 N–H and O–H groups in total. The van der Waals surface area contributed by atoms with Crippen molar-refractivity contribution in [2.75, 3.05) is 27.3 Å². The van der Waals surface area contributed by atoms with Crippen LogP contribution in [0.25, 0.3) is 28.1 Å². The Balaban J connectivity index is 1.48. The molecule has 1 aliphatic rings. The molecule has 4 heterocycles. The van der Waals surface area contributed by atoms with Crippen molar-refractivity contribution in [1.82, 2.24) is 34.2 Å². The molecule has 0 bridgehead atoms. The van der Waals surface area contributed by atoms with Gasteiger partial charge in [-0.2, -0.15) is 15.3 Å². The number of aryl methyl sites for hydroxylation is 3. The maximum Gasteiger partial charge on any atom is 0.220 e. The van der Waals surface area contributed by atoms with Crippen molar-refractivity contribution in [1.29, 1.82) is 0 Å². The van der Waals surface area contributed by atoms with Gasteiger partial charge in [0, 0.05) is 46.3 Å². The number of halogens is 2. The molecule has 42 heavy (non-hydrogen) atoms. The highest BCUT2D eigenvalue weighted by Crippen LogP contribution is 2.39. The summed E-state index contributed by atoms with van der Waals surface area (Å²) in [7, 11) is 7.48. The largest absolute Gasteiger partial charge is 0.473 e. The van der Waals surface area contributed by atoms with Crippen LogP contribution >= 0.6 is 22.6 Å². The fourth-order valence-corrected chi connectivity index (χ4v) is 6.36. The van der Waals surface area contributed by atoms with Gasteiger partial charge in [0.15, 0.2) is 6.23 Å². The normalized spacial score (nSPS) is 16.5. The molecule has 226 valence electrons. The molecule has 1 aliphatic heterocycles. The molecule has 5 rings (SSSR count). The fourth-order valence-electron chi connectivity index (χ4n) is 5.73. The third-order valence-electron chi connectivity index (χ3n) is 7.61. The number of methoxy groups -OCH3 is 1. The zero-order chi connectivity index (χ0) is 30.1. The Bertz CT molecular complexity index is 1590. The van der Waals surface area contributed by atoms with Gasteiger partial charge >= 0.3 is 0 Å². The Kier molecular flexibility index (Phi) is 9.35. The van der Waals surface area contributed by atoms with Crippen LogP contribution in [0.3, 0.4) is 0 Å². The Morgan fingerprint density at radius 1 is 1.24 bits per heavy atom. The summed E-state index contributed by atoms with van der Waals surface area (Å²) in [6, 6.07) is 3.47. The Morgan fingerprint density at radius 2 is 2.02 bits per heavy atom. The van der Waals surface area contributed by atoms with Gasteiger partial charge in [-0.25, -0.2) is 13.8 Å². The zero-order valence-electron chi connectivity index (χ0n) is 25.2. The Morgan fingerprint density at radius 3 is 2.67 bits per heavy atom. The van der Waals surface area contributed by atoms with Crippen molar-refractivity contribution >= 4 is 39.6 Å². The second-order valence-electron chi connectivity index (χ2n) is 11.0. The van der Waals surface area contributed by atoms with Crippen LogP contribution in [0.5, 0.6) is 5.88 Å². The smallest absolute Gasteiger partial charge is 0.220 e. The van der Waals surface area contributed by atoms with Crippen LogP contribution in [-0.2, 0) is 36.7 Å².